The van der Waals surface area contributed by atoms with E-state index in [0.29, 0.717) is 12.1 Å². The molecule has 0 amide bonds. The quantitative estimate of drug-likeness (QED) is 0.834. The van der Waals surface area contributed by atoms with Crippen molar-refractivity contribution < 1.29 is 0 Å². The van der Waals surface area contributed by atoms with Crippen molar-refractivity contribution >= 4 is 21.6 Å². The van der Waals surface area contributed by atoms with Crippen molar-refractivity contribution in [3.8, 4) is 0 Å². The highest BCUT2D eigenvalue weighted by atomic mass is 79.9. The lowest BCUT2D eigenvalue weighted by atomic mass is 9.87. The second kappa shape index (κ2) is 3.68. The summed E-state index contributed by atoms with van der Waals surface area (Å²) in [6, 6.07) is 9.23. The minimum absolute atomic E-state index is 0.410. The smallest absolute Gasteiger partial charge is 0.0343 e. The van der Waals surface area contributed by atoms with E-state index >= 15 is 0 Å². The van der Waals surface area contributed by atoms with Gasteiger partial charge in [0.05, 0.1) is 0 Å². The summed E-state index contributed by atoms with van der Waals surface area (Å²) in [4.78, 5) is 0. The Morgan fingerprint density at radius 3 is 2.38 bits per heavy atom. The number of nitrogens with one attached hydrogen (secondary N) is 1. The molecule has 1 aliphatic rings. The van der Waals surface area contributed by atoms with Gasteiger partial charge in [0, 0.05) is 22.2 Å². The van der Waals surface area contributed by atoms with Gasteiger partial charge in [0.25, 0.3) is 0 Å². The summed E-state index contributed by atoms with van der Waals surface area (Å²) in [5.41, 5.74) is 6.88. The second-order valence-corrected chi connectivity index (χ2v) is 4.50. The Hall–Kier alpha value is -0.540. The number of benzene rings is 1. The fourth-order valence-electron chi connectivity index (χ4n) is 1.56. The summed E-state index contributed by atoms with van der Waals surface area (Å²) in [7, 11) is 0. The van der Waals surface area contributed by atoms with Crippen molar-refractivity contribution in [1.29, 1.82) is 0 Å². The van der Waals surface area contributed by atoms with Crippen LogP contribution in [0.25, 0.3) is 0 Å². The van der Waals surface area contributed by atoms with Crippen molar-refractivity contribution in [2.24, 2.45) is 5.73 Å². The third-order valence-corrected chi connectivity index (χ3v) is 2.92. The van der Waals surface area contributed by atoms with Crippen LogP contribution in [-0.4, -0.2) is 12.1 Å². The van der Waals surface area contributed by atoms with Gasteiger partial charge in [0.15, 0.2) is 0 Å². The molecule has 0 atom stereocenters. The number of nitrogens with two attached hydrogens (primary N) is 1. The molecule has 0 bridgehead atoms. The number of rotatable bonds is 2. The minimum atomic E-state index is 0.410. The van der Waals surface area contributed by atoms with E-state index in [9.17, 15) is 0 Å². The Labute approximate surface area is 86.6 Å². The molecule has 13 heavy (non-hydrogen) atoms. The Kier molecular flexibility index (Phi) is 2.56. The van der Waals surface area contributed by atoms with Crippen molar-refractivity contribution in [2.75, 3.05) is 5.32 Å². The summed E-state index contributed by atoms with van der Waals surface area (Å²) in [6.07, 6.45) is 2.19. The Bertz CT molecular complexity index is 277. The summed E-state index contributed by atoms with van der Waals surface area (Å²) < 4.78 is 1.11. The van der Waals surface area contributed by atoms with Crippen LogP contribution in [0.4, 0.5) is 5.69 Å². The number of hydrogen-bond acceptors (Lipinski definition) is 2. The van der Waals surface area contributed by atoms with Gasteiger partial charge in [0.2, 0.25) is 0 Å². The van der Waals surface area contributed by atoms with Crippen molar-refractivity contribution in [2.45, 2.75) is 24.9 Å². The van der Waals surface area contributed by atoms with E-state index in [0.717, 1.165) is 17.3 Å². The van der Waals surface area contributed by atoms with Gasteiger partial charge in [-0.15, -0.1) is 0 Å². The molecule has 0 radical (unpaired) electrons. The van der Waals surface area contributed by atoms with E-state index in [4.69, 9.17) is 5.73 Å². The fourth-order valence-corrected chi connectivity index (χ4v) is 1.83. The van der Waals surface area contributed by atoms with E-state index in [1.807, 2.05) is 12.1 Å². The molecule has 0 unspecified atom stereocenters. The van der Waals surface area contributed by atoms with Gasteiger partial charge >= 0.3 is 0 Å². The molecule has 0 spiro atoms. The van der Waals surface area contributed by atoms with Crippen LogP contribution in [0, 0.1) is 0 Å². The molecule has 2 rings (SSSR count). The van der Waals surface area contributed by atoms with Crippen molar-refractivity contribution in [3.63, 3.8) is 0 Å². The molecule has 0 aromatic heterocycles. The predicted molar refractivity (Wildman–Crippen MR) is 58.8 cm³/mol. The van der Waals surface area contributed by atoms with Crippen molar-refractivity contribution in [3.05, 3.63) is 28.7 Å². The second-order valence-electron chi connectivity index (χ2n) is 3.58. The third kappa shape index (κ3) is 2.23. The van der Waals surface area contributed by atoms with Crippen LogP contribution in [0.2, 0.25) is 0 Å². The number of halogens is 1. The molecule has 1 saturated carbocycles. The monoisotopic (exact) mass is 240 g/mol. The van der Waals surface area contributed by atoms with Crippen LogP contribution in [-0.2, 0) is 0 Å². The van der Waals surface area contributed by atoms with Crippen molar-refractivity contribution in [1.82, 2.24) is 0 Å². The number of hydrogen-bond donors (Lipinski definition) is 2. The van der Waals surface area contributed by atoms with Gasteiger partial charge < -0.3 is 11.1 Å². The first-order valence-corrected chi connectivity index (χ1v) is 5.31. The van der Waals surface area contributed by atoms with Gasteiger partial charge in [-0.1, -0.05) is 15.9 Å². The largest absolute Gasteiger partial charge is 0.382 e. The predicted octanol–water partition coefficient (Wildman–Crippen LogP) is 2.35. The van der Waals surface area contributed by atoms with Crippen LogP contribution < -0.4 is 11.1 Å². The maximum atomic E-state index is 5.70. The highest BCUT2D eigenvalue weighted by molar-refractivity contribution is 9.10. The van der Waals surface area contributed by atoms with Crippen LogP contribution in [0.5, 0.6) is 0 Å². The molecule has 1 aliphatic carbocycles. The molecule has 1 aromatic rings. The van der Waals surface area contributed by atoms with Crippen LogP contribution >= 0.6 is 15.9 Å². The minimum Gasteiger partial charge on any atom is -0.382 e. The summed E-state index contributed by atoms with van der Waals surface area (Å²) >= 11 is 3.40. The van der Waals surface area contributed by atoms with Gasteiger partial charge in [-0.2, -0.15) is 0 Å². The van der Waals surface area contributed by atoms with Gasteiger partial charge in [-0.05, 0) is 37.1 Å². The van der Waals surface area contributed by atoms with E-state index in [2.05, 4.69) is 33.4 Å². The van der Waals surface area contributed by atoms with Crippen LogP contribution in [0.1, 0.15) is 12.8 Å². The normalized spacial score (nSPS) is 26.6. The maximum Gasteiger partial charge on any atom is 0.0343 e. The lowest BCUT2D eigenvalue weighted by Crippen LogP contribution is -2.44. The molecule has 2 nitrogen and oxygen atoms in total. The Morgan fingerprint density at radius 2 is 1.85 bits per heavy atom. The highest BCUT2D eigenvalue weighted by Crippen LogP contribution is 2.23. The molecular formula is C10H13BrN2. The lowest BCUT2D eigenvalue weighted by Gasteiger charge is -2.33. The van der Waals surface area contributed by atoms with E-state index < -0.39 is 0 Å². The molecule has 0 heterocycles. The first kappa shape index (κ1) is 9.03. The number of anilines is 1. The molecule has 3 N–H and O–H groups in total. The molecule has 1 fully saturated rings. The van der Waals surface area contributed by atoms with Gasteiger partial charge in [-0.25, -0.2) is 0 Å². The van der Waals surface area contributed by atoms with Gasteiger partial charge in [-0.3, -0.25) is 0 Å². The Balaban J connectivity index is 1.91. The SMILES string of the molecule is NC1CC(Nc2ccc(Br)cc2)C1. The zero-order valence-electron chi connectivity index (χ0n) is 7.33. The average Bonchev–Trinajstić information content (AvgIpc) is 2.06. The van der Waals surface area contributed by atoms with E-state index in [1.54, 1.807) is 0 Å². The molecule has 70 valence electrons. The maximum absolute atomic E-state index is 5.70. The average molecular weight is 241 g/mol. The standard InChI is InChI=1S/C10H13BrN2/c11-7-1-3-9(4-2-7)13-10-5-8(12)6-10/h1-4,8,10,13H,5-6,12H2. The lowest BCUT2D eigenvalue weighted by molar-refractivity contribution is 0.373. The highest BCUT2D eigenvalue weighted by Gasteiger charge is 2.25. The van der Waals surface area contributed by atoms with E-state index in [-0.39, 0.29) is 0 Å². The summed E-state index contributed by atoms with van der Waals surface area (Å²) in [6.45, 7) is 0. The zero-order chi connectivity index (χ0) is 9.26. The third-order valence-electron chi connectivity index (χ3n) is 2.39. The summed E-state index contributed by atoms with van der Waals surface area (Å²) in [5.74, 6) is 0. The van der Waals surface area contributed by atoms with E-state index in [1.165, 1.54) is 5.69 Å². The van der Waals surface area contributed by atoms with Gasteiger partial charge in [0.1, 0.15) is 0 Å². The van der Waals surface area contributed by atoms with Crippen LogP contribution in [0.3, 0.4) is 0 Å². The topological polar surface area (TPSA) is 38.0 Å². The molecule has 3 heteroatoms. The molecule has 0 saturated heterocycles. The summed E-state index contributed by atoms with van der Waals surface area (Å²) in [5, 5.41) is 3.44. The van der Waals surface area contributed by atoms with Crippen LogP contribution in [0.15, 0.2) is 28.7 Å². The first-order valence-electron chi connectivity index (χ1n) is 4.52. The Morgan fingerprint density at radius 1 is 1.23 bits per heavy atom. The molecule has 0 aliphatic heterocycles. The fraction of sp³-hybridized carbons (Fsp3) is 0.400. The first-order chi connectivity index (χ1) is 6.24. The zero-order valence-corrected chi connectivity index (χ0v) is 8.92. The molecular weight excluding hydrogens is 228 g/mol. The molecule has 1 aromatic carbocycles.